The number of esters is 1. The SMILES string of the molecule is CC(C)OC(=O)[C@@H](CC1CCCC1)C(=O)O. The van der Waals surface area contributed by atoms with E-state index in [0.29, 0.717) is 12.3 Å². The quantitative estimate of drug-likeness (QED) is 0.579. The van der Waals surface area contributed by atoms with E-state index in [1.54, 1.807) is 13.8 Å². The maximum atomic E-state index is 11.6. The van der Waals surface area contributed by atoms with Gasteiger partial charge in [-0.25, -0.2) is 0 Å². The average Bonchev–Trinajstić information content (AvgIpc) is 2.64. The van der Waals surface area contributed by atoms with Gasteiger partial charge in [0, 0.05) is 0 Å². The van der Waals surface area contributed by atoms with Crippen molar-refractivity contribution in [2.75, 3.05) is 0 Å². The number of carbonyl (C=O) groups is 2. The molecule has 0 amide bonds. The van der Waals surface area contributed by atoms with Crippen molar-refractivity contribution in [3.8, 4) is 0 Å². The highest BCUT2D eigenvalue weighted by Crippen LogP contribution is 2.30. The summed E-state index contributed by atoms with van der Waals surface area (Å²) >= 11 is 0. The van der Waals surface area contributed by atoms with Crippen LogP contribution in [0, 0.1) is 11.8 Å². The average molecular weight is 228 g/mol. The molecule has 1 aliphatic rings. The van der Waals surface area contributed by atoms with E-state index in [1.807, 2.05) is 0 Å². The van der Waals surface area contributed by atoms with Gasteiger partial charge in [-0.1, -0.05) is 25.7 Å². The molecule has 4 nitrogen and oxygen atoms in total. The lowest BCUT2D eigenvalue weighted by Crippen LogP contribution is -2.29. The number of aliphatic carboxylic acids is 1. The highest BCUT2D eigenvalue weighted by molar-refractivity contribution is 5.93. The second-order valence-electron chi connectivity index (χ2n) is 4.76. The summed E-state index contributed by atoms with van der Waals surface area (Å²) in [5.74, 6) is -2.25. The smallest absolute Gasteiger partial charge is 0.320 e. The third-order valence-electron chi connectivity index (χ3n) is 2.98. The van der Waals surface area contributed by atoms with Gasteiger partial charge in [-0.2, -0.15) is 0 Å². The zero-order chi connectivity index (χ0) is 12.1. The summed E-state index contributed by atoms with van der Waals surface area (Å²) in [6, 6.07) is 0. The standard InChI is InChI=1S/C12H20O4/c1-8(2)16-12(15)10(11(13)14)7-9-5-3-4-6-9/h8-10H,3-7H2,1-2H3,(H,13,14)/t10-/m0/s1. The predicted molar refractivity (Wildman–Crippen MR) is 58.9 cm³/mol. The highest BCUT2D eigenvalue weighted by Gasteiger charge is 2.32. The van der Waals surface area contributed by atoms with E-state index in [0.717, 1.165) is 25.7 Å². The summed E-state index contributed by atoms with van der Waals surface area (Å²) in [6.45, 7) is 3.46. The Kier molecular flexibility index (Phi) is 4.77. The normalized spacial score (nSPS) is 18.7. The molecule has 0 saturated heterocycles. The molecular formula is C12H20O4. The van der Waals surface area contributed by atoms with Crippen LogP contribution < -0.4 is 0 Å². The molecule has 0 aromatic heterocycles. The first-order valence-electron chi connectivity index (χ1n) is 5.94. The van der Waals surface area contributed by atoms with Crippen molar-refractivity contribution in [1.82, 2.24) is 0 Å². The third-order valence-corrected chi connectivity index (χ3v) is 2.98. The van der Waals surface area contributed by atoms with Crippen LogP contribution in [-0.2, 0) is 14.3 Å². The summed E-state index contributed by atoms with van der Waals surface area (Å²) in [6.07, 6.45) is 4.56. The molecule has 1 fully saturated rings. The molecule has 0 unspecified atom stereocenters. The van der Waals surface area contributed by atoms with E-state index in [2.05, 4.69) is 0 Å². The Bertz CT molecular complexity index is 254. The largest absolute Gasteiger partial charge is 0.481 e. The van der Waals surface area contributed by atoms with Gasteiger partial charge in [0.05, 0.1) is 6.10 Å². The Labute approximate surface area is 96.0 Å². The van der Waals surface area contributed by atoms with Crippen LogP contribution in [0.2, 0.25) is 0 Å². The van der Waals surface area contributed by atoms with Gasteiger partial charge in [0.1, 0.15) is 0 Å². The molecule has 1 aliphatic carbocycles. The van der Waals surface area contributed by atoms with E-state index in [1.165, 1.54) is 0 Å². The molecule has 0 radical (unpaired) electrons. The minimum Gasteiger partial charge on any atom is -0.481 e. The Hall–Kier alpha value is -1.06. The van der Waals surface area contributed by atoms with E-state index < -0.39 is 17.9 Å². The van der Waals surface area contributed by atoms with Crippen molar-refractivity contribution in [1.29, 1.82) is 0 Å². The van der Waals surface area contributed by atoms with Crippen molar-refractivity contribution < 1.29 is 19.4 Å². The van der Waals surface area contributed by atoms with Gasteiger partial charge in [0.2, 0.25) is 0 Å². The van der Waals surface area contributed by atoms with E-state index >= 15 is 0 Å². The van der Waals surface area contributed by atoms with Crippen LogP contribution in [0.4, 0.5) is 0 Å². The molecule has 0 aliphatic heterocycles. The molecule has 16 heavy (non-hydrogen) atoms. The molecule has 1 rings (SSSR count). The molecule has 0 heterocycles. The summed E-state index contributed by atoms with van der Waals surface area (Å²) in [7, 11) is 0. The molecule has 0 bridgehead atoms. The van der Waals surface area contributed by atoms with Crippen molar-refractivity contribution >= 4 is 11.9 Å². The fraction of sp³-hybridized carbons (Fsp3) is 0.833. The topological polar surface area (TPSA) is 63.6 Å². The Balaban J connectivity index is 2.52. The molecular weight excluding hydrogens is 208 g/mol. The molecule has 92 valence electrons. The molecule has 1 saturated carbocycles. The predicted octanol–water partition coefficient (Wildman–Crippen LogP) is 2.22. The molecule has 0 aromatic rings. The molecule has 0 spiro atoms. The van der Waals surface area contributed by atoms with Crippen LogP contribution >= 0.6 is 0 Å². The van der Waals surface area contributed by atoms with Crippen LogP contribution in [0.1, 0.15) is 46.0 Å². The van der Waals surface area contributed by atoms with E-state index in [9.17, 15) is 9.59 Å². The van der Waals surface area contributed by atoms with Crippen molar-refractivity contribution in [3.05, 3.63) is 0 Å². The summed E-state index contributed by atoms with van der Waals surface area (Å²) in [5.41, 5.74) is 0. The molecule has 1 N–H and O–H groups in total. The minimum absolute atomic E-state index is 0.252. The molecule has 4 heteroatoms. The van der Waals surface area contributed by atoms with Crippen LogP contribution in [0.5, 0.6) is 0 Å². The Morgan fingerprint density at radius 2 is 1.88 bits per heavy atom. The lowest BCUT2D eigenvalue weighted by atomic mass is 9.93. The van der Waals surface area contributed by atoms with Crippen LogP contribution in [0.25, 0.3) is 0 Å². The fourth-order valence-electron chi connectivity index (χ4n) is 2.19. The van der Waals surface area contributed by atoms with Gasteiger partial charge >= 0.3 is 11.9 Å². The monoisotopic (exact) mass is 228 g/mol. The van der Waals surface area contributed by atoms with Gasteiger partial charge in [-0.15, -0.1) is 0 Å². The Morgan fingerprint density at radius 1 is 1.31 bits per heavy atom. The summed E-state index contributed by atoms with van der Waals surface area (Å²) in [5, 5.41) is 9.02. The number of carboxylic acids is 1. The van der Waals surface area contributed by atoms with Crippen LogP contribution in [-0.4, -0.2) is 23.1 Å². The van der Waals surface area contributed by atoms with Gasteiger partial charge in [-0.05, 0) is 26.2 Å². The number of carboxylic acid groups (broad SMARTS) is 1. The summed E-state index contributed by atoms with van der Waals surface area (Å²) in [4.78, 5) is 22.6. The second-order valence-corrected chi connectivity index (χ2v) is 4.76. The number of carbonyl (C=O) groups excluding carboxylic acids is 1. The van der Waals surface area contributed by atoms with Gasteiger partial charge in [-0.3, -0.25) is 9.59 Å². The molecule has 1 atom stereocenters. The zero-order valence-corrected chi connectivity index (χ0v) is 9.94. The number of rotatable bonds is 5. The van der Waals surface area contributed by atoms with Gasteiger partial charge in [0.25, 0.3) is 0 Å². The Morgan fingerprint density at radius 3 is 2.31 bits per heavy atom. The minimum atomic E-state index is -1.06. The van der Waals surface area contributed by atoms with Gasteiger partial charge < -0.3 is 9.84 Å². The summed E-state index contributed by atoms with van der Waals surface area (Å²) < 4.78 is 4.96. The first-order valence-corrected chi connectivity index (χ1v) is 5.94. The lowest BCUT2D eigenvalue weighted by molar-refractivity contribution is -0.162. The third kappa shape index (κ3) is 3.83. The van der Waals surface area contributed by atoms with E-state index in [4.69, 9.17) is 9.84 Å². The first kappa shape index (κ1) is 13.0. The van der Waals surface area contributed by atoms with Crippen molar-refractivity contribution in [2.24, 2.45) is 11.8 Å². The second kappa shape index (κ2) is 5.87. The molecule has 0 aromatic carbocycles. The number of hydrogen-bond acceptors (Lipinski definition) is 3. The first-order chi connectivity index (χ1) is 7.50. The van der Waals surface area contributed by atoms with Crippen LogP contribution in [0.3, 0.4) is 0 Å². The maximum Gasteiger partial charge on any atom is 0.320 e. The number of ether oxygens (including phenoxy) is 1. The number of hydrogen-bond donors (Lipinski definition) is 1. The fourth-order valence-corrected chi connectivity index (χ4v) is 2.19. The van der Waals surface area contributed by atoms with Crippen molar-refractivity contribution in [2.45, 2.75) is 52.1 Å². The van der Waals surface area contributed by atoms with Gasteiger partial charge in [0.15, 0.2) is 5.92 Å². The van der Waals surface area contributed by atoms with Crippen LogP contribution in [0.15, 0.2) is 0 Å². The maximum absolute atomic E-state index is 11.6. The zero-order valence-electron chi connectivity index (χ0n) is 9.94. The van der Waals surface area contributed by atoms with E-state index in [-0.39, 0.29) is 6.10 Å². The highest BCUT2D eigenvalue weighted by atomic mass is 16.5. The van der Waals surface area contributed by atoms with Crippen molar-refractivity contribution in [3.63, 3.8) is 0 Å². The lowest BCUT2D eigenvalue weighted by Gasteiger charge is -2.17.